The van der Waals surface area contributed by atoms with Crippen LogP contribution in [0, 0.1) is 34.5 Å². The second kappa shape index (κ2) is 8.57. The average molecular weight is 439 g/mol. The molecule has 5 nitrogen and oxygen atoms in total. The number of rotatable bonds is 6. The SMILES string of the molecule is COc1cc(OC)cc(C(=O)[C@H]2[C@H](C)[C@@H](Cn3ccnc3)CC3C(C)(C)CCC[C@@]32C)c1. The van der Waals surface area contributed by atoms with E-state index < -0.39 is 0 Å². The zero-order chi connectivity index (χ0) is 23.1. The van der Waals surface area contributed by atoms with Gasteiger partial charge in [-0.1, -0.05) is 34.1 Å². The van der Waals surface area contributed by atoms with Crippen molar-refractivity contribution >= 4 is 5.78 Å². The number of Topliss-reactive ketones (excluding diaryl/α,β-unsaturated/α-hetero) is 1. The van der Waals surface area contributed by atoms with Gasteiger partial charge in [0.05, 0.1) is 20.5 Å². The van der Waals surface area contributed by atoms with E-state index in [1.54, 1.807) is 14.2 Å². The highest BCUT2D eigenvalue weighted by molar-refractivity contribution is 5.99. The van der Waals surface area contributed by atoms with Crippen molar-refractivity contribution in [3.63, 3.8) is 0 Å². The Morgan fingerprint density at radius 2 is 1.81 bits per heavy atom. The number of carbonyl (C=O) groups is 1. The van der Waals surface area contributed by atoms with Crippen LogP contribution in [0.5, 0.6) is 11.5 Å². The van der Waals surface area contributed by atoms with Gasteiger partial charge in [-0.2, -0.15) is 0 Å². The van der Waals surface area contributed by atoms with Crippen LogP contribution in [0.2, 0.25) is 0 Å². The number of hydrogen-bond donors (Lipinski definition) is 0. The quantitative estimate of drug-likeness (QED) is 0.528. The Labute approximate surface area is 192 Å². The summed E-state index contributed by atoms with van der Waals surface area (Å²) in [5, 5.41) is 0. The first-order chi connectivity index (χ1) is 15.2. The fourth-order valence-corrected chi connectivity index (χ4v) is 7.09. The molecule has 1 heterocycles. The van der Waals surface area contributed by atoms with Crippen LogP contribution in [0.4, 0.5) is 0 Å². The zero-order valence-electron chi connectivity index (χ0n) is 20.4. The highest BCUT2D eigenvalue weighted by Crippen LogP contribution is 2.63. The summed E-state index contributed by atoms with van der Waals surface area (Å²) < 4.78 is 13.1. The van der Waals surface area contributed by atoms with Gasteiger partial charge in [0.2, 0.25) is 0 Å². The molecule has 0 bridgehead atoms. The van der Waals surface area contributed by atoms with E-state index in [1.165, 1.54) is 12.8 Å². The highest BCUT2D eigenvalue weighted by Gasteiger charge is 2.58. The average Bonchev–Trinajstić information content (AvgIpc) is 3.27. The van der Waals surface area contributed by atoms with Crippen molar-refractivity contribution in [2.24, 2.45) is 34.5 Å². The molecule has 0 N–H and O–H groups in total. The van der Waals surface area contributed by atoms with Gasteiger partial charge in [0.25, 0.3) is 0 Å². The molecule has 2 fully saturated rings. The second-order valence-electron chi connectivity index (χ2n) is 11.0. The molecule has 4 rings (SSSR count). The maximum atomic E-state index is 14.2. The minimum atomic E-state index is -0.0360. The first-order valence-corrected chi connectivity index (χ1v) is 11.9. The van der Waals surface area contributed by atoms with E-state index >= 15 is 0 Å². The normalized spacial score (nSPS) is 31.6. The van der Waals surface area contributed by atoms with E-state index in [2.05, 4.69) is 37.2 Å². The second-order valence-corrected chi connectivity index (χ2v) is 11.0. The highest BCUT2D eigenvalue weighted by atomic mass is 16.5. The molecule has 0 aliphatic heterocycles. The number of fused-ring (bicyclic) bond motifs is 1. The molecule has 174 valence electrons. The van der Waals surface area contributed by atoms with E-state index in [-0.39, 0.29) is 28.4 Å². The number of methoxy groups -OCH3 is 2. The van der Waals surface area contributed by atoms with E-state index in [1.807, 2.05) is 36.9 Å². The third kappa shape index (κ3) is 3.95. The summed E-state index contributed by atoms with van der Waals surface area (Å²) in [6, 6.07) is 5.59. The van der Waals surface area contributed by atoms with Crippen LogP contribution in [-0.4, -0.2) is 29.6 Å². The number of ether oxygens (including phenoxy) is 2. The molecule has 5 heteroatoms. The molecule has 0 spiro atoms. The van der Waals surface area contributed by atoms with Gasteiger partial charge in [-0.3, -0.25) is 4.79 Å². The van der Waals surface area contributed by atoms with E-state index in [9.17, 15) is 4.79 Å². The van der Waals surface area contributed by atoms with Gasteiger partial charge >= 0.3 is 0 Å². The molecule has 2 aliphatic carbocycles. The van der Waals surface area contributed by atoms with Crippen molar-refractivity contribution in [1.29, 1.82) is 0 Å². The lowest BCUT2D eigenvalue weighted by atomic mass is 9.44. The summed E-state index contributed by atoms with van der Waals surface area (Å²) in [4.78, 5) is 18.5. The number of nitrogens with zero attached hydrogens (tertiary/aromatic N) is 2. The third-order valence-corrected chi connectivity index (χ3v) is 8.72. The summed E-state index contributed by atoms with van der Waals surface area (Å²) in [6.45, 7) is 10.4. The van der Waals surface area contributed by atoms with E-state index in [0.717, 1.165) is 19.4 Å². The number of hydrogen-bond acceptors (Lipinski definition) is 4. The topological polar surface area (TPSA) is 53.4 Å². The van der Waals surface area contributed by atoms with Gasteiger partial charge in [-0.15, -0.1) is 0 Å². The van der Waals surface area contributed by atoms with Crippen molar-refractivity contribution in [3.05, 3.63) is 42.5 Å². The monoisotopic (exact) mass is 438 g/mol. The van der Waals surface area contributed by atoms with Gasteiger partial charge in [0, 0.05) is 36.5 Å². The molecule has 0 radical (unpaired) electrons. The molecular weight excluding hydrogens is 400 g/mol. The van der Waals surface area contributed by atoms with Gasteiger partial charge in [0.15, 0.2) is 5.78 Å². The van der Waals surface area contributed by atoms with Crippen molar-refractivity contribution in [1.82, 2.24) is 9.55 Å². The Balaban J connectivity index is 1.77. The Morgan fingerprint density at radius 1 is 1.12 bits per heavy atom. The first-order valence-electron chi connectivity index (χ1n) is 11.9. The largest absolute Gasteiger partial charge is 0.497 e. The summed E-state index contributed by atoms with van der Waals surface area (Å²) in [5.74, 6) is 2.74. The van der Waals surface area contributed by atoms with Crippen LogP contribution < -0.4 is 9.47 Å². The lowest BCUT2D eigenvalue weighted by Gasteiger charge is -2.60. The number of ketones is 1. The predicted molar refractivity (Wildman–Crippen MR) is 126 cm³/mol. The zero-order valence-corrected chi connectivity index (χ0v) is 20.4. The number of benzene rings is 1. The minimum Gasteiger partial charge on any atom is -0.497 e. The molecule has 0 amide bonds. The smallest absolute Gasteiger partial charge is 0.167 e. The van der Waals surface area contributed by atoms with Crippen LogP contribution in [0.25, 0.3) is 0 Å². The first kappa shape index (κ1) is 22.9. The van der Waals surface area contributed by atoms with E-state index in [0.29, 0.717) is 28.9 Å². The van der Waals surface area contributed by atoms with E-state index in [4.69, 9.17) is 9.47 Å². The fraction of sp³-hybridized carbons (Fsp3) is 0.630. The molecule has 1 aromatic heterocycles. The summed E-state index contributed by atoms with van der Waals surface area (Å²) in [6.07, 6.45) is 10.5. The Morgan fingerprint density at radius 3 is 2.41 bits per heavy atom. The van der Waals surface area contributed by atoms with Gasteiger partial charge < -0.3 is 14.0 Å². The van der Waals surface area contributed by atoms with Gasteiger partial charge in [-0.05, 0) is 60.0 Å². The minimum absolute atomic E-state index is 0.0139. The molecule has 5 atom stereocenters. The molecule has 2 saturated carbocycles. The molecule has 0 saturated heterocycles. The maximum absolute atomic E-state index is 14.2. The summed E-state index contributed by atoms with van der Waals surface area (Å²) in [5.41, 5.74) is 0.912. The molecule has 1 aromatic carbocycles. The number of aromatic nitrogens is 2. The fourth-order valence-electron chi connectivity index (χ4n) is 7.09. The van der Waals surface area contributed by atoms with Crippen LogP contribution in [-0.2, 0) is 6.54 Å². The number of carbonyl (C=O) groups excluding carboxylic acids is 1. The van der Waals surface area contributed by atoms with Gasteiger partial charge in [-0.25, -0.2) is 4.98 Å². The molecular formula is C27H38N2O3. The molecule has 32 heavy (non-hydrogen) atoms. The molecule has 2 aliphatic rings. The predicted octanol–water partition coefficient (Wildman–Crippen LogP) is 5.89. The maximum Gasteiger partial charge on any atom is 0.167 e. The van der Waals surface area contributed by atoms with Crippen molar-refractivity contribution in [2.75, 3.05) is 14.2 Å². The van der Waals surface area contributed by atoms with Gasteiger partial charge in [0.1, 0.15) is 11.5 Å². The van der Waals surface area contributed by atoms with Crippen LogP contribution in [0.15, 0.2) is 36.9 Å². The van der Waals surface area contributed by atoms with Crippen LogP contribution in [0.3, 0.4) is 0 Å². The lowest BCUT2D eigenvalue weighted by Crippen LogP contribution is -2.56. The molecule has 1 unspecified atom stereocenters. The van der Waals surface area contributed by atoms with Crippen molar-refractivity contribution < 1.29 is 14.3 Å². The van der Waals surface area contributed by atoms with Crippen molar-refractivity contribution in [2.45, 2.75) is 59.9 Å². The summed E-state index contributed by atoms with van der Waals surface area (Å²) >= 11 is 0. The van der Waals surface area contributed by atoms with Crippen molar-refractivity contribution in [3.8, 4) is 11.5 Å². The molecule has 2 aromatic rings. The van der Waals surface area contributed by atoms with Crippen LogP contribution in [0.1, 0.15) is 63.7 Å². The Bertz CT molecular complexity index is 930. The Hall–Kier alpha value is -2.30. The lowest BCUT2D eigenvalue weighted by molar-refractivity contribution is -0.104. The standard InChI is InChI=1S/C27H38N2O3/c1-18-20(16-29-11-10-28-17-29)14-23-26(2,3)8-7-9-27(23,4)24(18)25(30)19-12-21(31-5)15-22(13-19)32-6/h10-13,15,17-18,20,23-24H,7-9,14,16H2,1-6H3/t18-,20-,23?,24-,27+/m1/s1. The Kier molecular flexibility index (Phi) is 6.12. The number of imidazole rings is 1. The van der Waals surface area contributed by atoms with Crippen LogP contribution >= 0.6 is 0 Å². The third-order valence-electron chi connectivity index (χ3n) is 8.72. The summed E-state index contributed by atoms with van der Waals surface area (Å²) in [7, 11) is 3.27.